The highest BCUT2D eigenvalue weighted by molar-refractivity contribution is 5.93. The largest absolute Gasteiger partial charge is 0.382 e. The predicted octanol–water partition coefficient (Wildman–Crippen LogP) is 0.996. The van der Waals surface area contributed by atoms with E-state index in [2.05, 4.69) is 5.32 Å². The quantitative estimate of drug-likeness (QED) is 0.709. The van der Waals surface area contributed by atoms with Gasteiger partial charge in [-0.25, -0.2) is 0 Å². The van der Waals surface area contributed by atoms with Crippen molar-refractivity contribution < 1.29 is 4.79 Å². The highest BCUT2D eigenvalue weighted by atomic mass is 16.1. The van der Waals surface area contributed by atoms with Crippen LogP contribution in [0.1, 0.15) is 28.8 Å². The van der Waals surface area contributed by atoms with Gasteiger partial charge in [0.2, 0.25) is 5.91 Å². The number of nitrogens with two attached hydrogens (primary N) is 2. The first-order valence-corrected chi connectivity index (χ1v) is 5.49. The minimum absolute atomic E-state index is 0.336. The zero-order chi connectivity index (χ0) is 11.7. The van der Waals surface area contributed by atoms with Crippen molar-refractivity contribution in [3.8, 4) is 0 Å². The Morgan fingerprint density at radius 1 is 1.44 bits per heavy atom. The number of hydrogen-bond acceptors (Lipinski definition) is 3. The molecule has 2 rings (SSSR count). The molecule has 4 nitrogen and oxygen atoms in total. The van der Waals surface area contributed by atoms with Gasteiger partial charge in [-0.05, 0) is 43.5 Å². The van der Waals surface area contributed by atoms with Crippen LogP contribution in [-0.4, -0.2) is 18.0 Å². The van der Waals surface area contributed by atoms with E-state index in [1.807, 2.05) is 19.1 Å². The Kier molecular flexibility index (Phi) is 2.83. The number of anilines is 1. The lowest BCUT2D eigenvalue weighted by atomic mass is 9.87. The predicted molar refractivity (Wildman–Crippen MR) is 64.3 cm³/mol. The molecule has 0 spiro atoms. The molecular formula is C12H17N3O. The maximum Gasteiger partial charge on any atom is 0.248 e. The molecule has 0 unspecified atom stereocenters. The molecule has 4 heteroatoms. The molecule has 0 saturated heterocycles. The molecule has 1 aliphatic carbocycles. The van der Waals surface area contributed by atoms with Gasteiger partial charge in [-0.15, -0.1) is 0 Å². The second-order valence-electron chi connectivity index (χ2n) is 4.47. The molecule has 86 valence electrons. The molecule has 1 saturated carbocycles. The molecule has 0 aromatic heterocycles. The van der Waals surface area contributed by atoms with Crippen LogP contribution in [0.5, 0.6) is 0 Å². The molecular weight excluding hydrogens is 202 g/mol. The van der Waals surface area contributed by atoms with Gasteiger partial charge in [0.15, 0.2) is 0 Å². The Hall–Kier alpha value is -1.55. The maximum absolute atomic E-state index is 11.0. The fourth-order valence-corrected chi connectivity index (χ4v) is 1.98. The van der Waals surface area contributed by atoms with Gasteiger partial charge in [0.1, 0.15) is 0 Å². The van der Waals surface area contributed by atoms with Crippen LogP contribution in [0.4, 0.5) is 5.69 Å². The molecule has 1 aromatic rings. The summed E-state index contributed by atoms with van der Waals surface area (Å²) in [6.45, 7) is 1.97. The smallest absolute Gasteiger partial charge is 0.248 e. The van der Waals surface area contributed by atoms with Crippen LogP contribution in [-0.2, 0) is 0 Å². The van der Waals surface area contributed by atoms with E-state index in [1.54, 1.807) is 6.07 Å². The summed E-state index contributed by atoms with van der Waals surface area (Å²) in [6, 6.07) is 6.26. The van der Waals surface area contributed by atoms with Gasteiger partial charge in [0.25, 0.3) is 0 Å². The lowest BCUT2D eigenvalue weighted by molar-refractivity contribution is 0.100. The Morgan fingerprint density at radius 3 is 2.62 bits per heavy atom. The van der Waals surface area contributed by atoms with Crippen molar-refractivity contribution in [2.75, 3.05) is 5.32 Å². The van der Waals surface area contributed by atoms with Crippen LogP contribution in [0.15, 0.2) is 18.2 Å². The molecule has 1 aromatic carbocycles. The van der Waals surface area contributed by atoms with E-state index in [0.29, 0.717) is 17.6 Å². The minimum atomic E-state index is -0.389. The van der Waals surface area contributed by atoms with E-state index in [0.717, 1.165) is 24.1 Å². The van der Waals surface area contributed by atoms with E-state index in [1.165, 1.54) is 0 Å². The summed E-state index contributed by atoms with van der Waals surface area (Å²) in [7, 11) is 0. The van der Waals surface area contributed by atoms with E-state index in [-0.39, 0.29) is 5.91 Å². The second-order valence-corrected chi connectivity index (χ2v) is 4.47. The summed E-state index contributed by atoms with van der Waals surface area (Å²) in [4.78, 5) is 11.0. The lowest BCUT2D eigenvalue weighted by Crippen LogP contribution is -2.44. The van der Waals surface area contributed by atoms with Gasteiger partial charge in [0, 0.05) is 23.3 Å². The monoisotopic (exact) mass is 219 g/mol. The minimum Gasteiger partial charge on any atom is -0.382 e. The van der Waals surface area contributed by atoms with Gasteiger partial charge in [-0.3, -0.25) is 4.79 Å². The van der Waals surface area contributed by atoms with Crippen LogP contribution in [0, 0.1) is 6.92 Å². The first-order chi connectivity index (χ1) is 7.56. The van der Waals surface area contributed by atoms with Crippen molar-refractivity contribution in [2.24, 2.45) is 11.5 Å². The van der Waals surface area contributed by atoms with E-state index in [9.17, 15) is 4.79 Å². The van der Waals surface area contributed by atoms with Gasteiger partial charge < -0.3 is 16.8 Å². The van der Waals surface area contributed by atoms with Gasteiger partial charge >= 0.3 is 0 Å². The summed E-state index contributed by atoms with van der Waals surface area (Å²) in [5.74, 6) is -0.389. The van der Waals surface area contributed by atoms with Crippen LogP contribution in [0.25, 0.3) is 0 Å². The topological polar surface area (TPSA) is 81.1 Å². The molecule has 0 radical (unpaired) electrons. The first-order valence-electron chi connectivity index (χ1n) is 5.49. The number of nitrogens with one attached hydrogen (secondary N) is 1. The number of primary amides is 1. The van der Waals surface area contributed by atoms with Crippen molar-refractivity contribution in [3.05, 3.63) is 29.3 Å². The molecule has 1 aliphatic rings. The van der Waals surface area contributed by atoms with Crippen molar-refractivity contribution in [1.29, 1.82) is 0 Å². The third-order valence-electron chi connectivity index (χ3n) is 3.05. The second kappa shape index (κ2) is 4.14. The van der Waals surface area contributed by atoms with Crippen molar-refractivity contribution in [1.82, 2.24) is 0 Å². The SMILES string of the molecule is Cc1cc(C(N)=O)ccc1NC1CC(N)C1. The average Bonchev–Trinajstić information content (AvgIpc) is 2.18. The Labute approximate surface area is 95.0 Å². The third-order valence-corrected chi connectivity index (χ3v) is 3.05. The summed E-state index contributed by atoms with van der Waals surface area (Å²) < 4.78 is 0. The summed E-state index contributed by atoms with van der Waals surface area (Å²) >= 11 is 0. The molecule has 0 bridgehead atoms. The Bertz CT molecular complexity index is 411. The normalized spacial score (nSPS) is 23.6. The molecule has 0 heterocycles. The fraction of sp³-hybridized carbons (Fsp3) is 0.417. The van der Waals surface area contributed by atoms with E-state index >= 15 is 0 Å². The highest BCUT2D eigenvalue weighted by Gasteiger charge is 2.25. The van der Waals surface area contributed by atoms with E-state index in [4.69, 9.17) is 11.5 Å². The number of carbonyl (C=O) groups is 1. The molecule has 16 heavy (non-hydrogen) atoms. The molecule has 0 aliphatic heterocycles. The zero-order valence-corrected chi connectivity index (χ0v) is 9.36. The summed E-state index contributed by atoms with van der Waals surface area (Å²) in [5.41, 5.74) is 13.6. The first kappa shape index (κ1) is 11.0. The van der Waals surface area contributed by atoms with Crippen molar-refractivity contribution >= 4 is 11.6 Å². The zero-order valence-electron chi connectivity index (χ0n) is 9.36. The van der Waals surface area contributed by atoms with Gasteiger partial charge in [-0.2, -0.15) is 0 Å². The van der Waals surface area contributed by atoms with Gasteiger partial charge in [0.05, 0.1) is 0 Å². The van der Waals surface area contributed by atoms with Crippen LogP contribution >= 0.6 is 0 Å². The molecule has 1 amide bonds. The lowest BCUT2D eigenvalue weighted by Gasteiger charge is -2.34. The third kappa shape index (κ3) is 2.17. The number of benzene rings is 1. The van der Waals surface area contributed by atoms with Crippen LogP contribution < -0.4 is 16.8 Å². The number of hydrogen-bond donors (Lipinski definition) is 3. The van der Waals surface area contributed by atoms with Crippen molar-refractivity contribution in [3.63, 3.8) is 0 Å². The maximum atomic E-state index is 11.0. The van der Waals surface area contributed by atoms with E-state index < -0.39 is 0 Å². The van der Waals surface area contributed by atoms with Crippen LogP contribution in [0.2, 0.25) is 0 Å². The Morgan fingerprint density at radius 2 is 2.12 bits per heavy atom. The fourth-order valence-electron chi connectivity index (χ4n) is 1.98. The van der Waals surface area contributed by atoms with Crippen molar-refractivity contribution in [2.45, 2.75) is 31.8 Å². The Balaban J connectivity index is 2.07. The molecule has 5 N–H and O–H groups in total. The molecule has 1 fully saturated rings. The van der Waals surface area contributed by atoms with Gasteiger partial charge in [-0.1, -0.05) is 0 Å². The number of aryl methyl sites for hydroxylation is 1. The average molecular weight is 219 g/mol. The standard InChI is InChI=1S/C12H17N3O/c1-7-4-8(12(14)16)2-3-11(7)15-10-5-9(13)6-10/h2-4,9-10,15H,5-6,13H2,1H3,(H2,14,16). The highest BCUT2D eigenvalue weighted by Crippen LogP contribution is 2.25. The summed E-state index contributed by atoms with van der Waals surface area (Å²) in [6.07, 6.45) is 2.02. The summed E-state index contributed by atoms with van der Waals surface area (Å²) in [5, 5.41) is 3.41. The number of rotatable bonds is 3. The number of amides is 1. The van der Waals surface area contributed by atoms with Crippen LogP contribution in [0.3, 0.4) is 0 Å². The molecule has 0 atom stereocenters. The number of carbonyl (C=O) groups excluding carboxylic acids is 1.